The molecule has 1 heterocycles. The fourth-order valence-electron chi connectivity index (χ4n) is 1.53. The first kappa shape index (κ1) is 11.4. The average molecular weight is 238 g/mol. The van der Waals surface area contributed by atoms with E-state index in [0.717, 1.165) is 23.9 Å². The summed E-state index contributed by atoms with van der Waals surface area (Å²) in [6, 6.07) is 0.611. The van der Waals surface area contributed by atoms with E-state index in [1.54, 1.807) is 0 Å². The molecule has 88 valence electrons. The first-order chi connectivity index (χ1) is 7.69. The normalized spacial score (nSPS) is 14.9. The predicted molar refractivity (Wildman–Crippen MR) is 68.2 cm³/mol. The Kier molecular flexibility index (Phi) is 3.43. The molecule has 16 heavy (non-hydrogen) atoms. The van der Waals surface area contributed by atoms with Crippen LogP contribution in [0.5, 0.6) is 0 Å². The van der Waals surface area contributed by atoms with Crippen molar-refractivity contribution in [2.45, 2.75) is 45.8 Å². The molecular formula is C11H18N4S. The van der Waals surface area contributed by atoms with Crippen LogP contribution in [-0.4, -0.2) is 20.9 Å². The third-order valence-corrected chi connectivity index (χ3v) is 2.99. The predicted octanol–water partition coefficient (Wildman–Crippen LogP) is 1.34. The third-order valence-electron chi connectivity index (χ3n) is 2.72. The van der Waals surface area contributed by atoms with Crippen molar-refractivity contribution in [3.05, 3.63) is 17.5 Å². The zero-order valence-electron chi connectivity index (χ0n) is 9.79. The highest BCUT2D eigenvalue weighted by atomic mass is 32.1. The minimum absolute atomic E-state index is 0.611. The first-order valence-electron chi connectivity index (χ1n) is 5.76. The molecule has 0 saturated heterocycles. The van der Waals surface area contributed by atoms with Crippen molar-refractivity contribution in [2.24, 2.45) is 0 Å². The van der Waals surface area contributed by atoms with E-state index in [9.17, 15) is 0 Å². The third kappa shape index (κ3) is 2.95. The molecule has 0 aromatic carbocycles. The molecule has 0 amide bonds. The van der Waals surface area contributed by atoms with Crippen LogP contribution in [0, 0.1) is 6.92 Å². The first-order valence-corrected chi connectivity index (χ1v) is 6.17. The molecule has 0 spiro atoms. The van der Waals surface area contributed by atoms with E-state index < -0.39 is 0 Å². The zero-order valence-corrected chi connectivity index (χ0v) is 10.6. The summed E-state index contributed by atoms with van der Waals surface area (Å²) in [5, 5.41) is 11.6. The van der Waals surface area contributed by atoms with Crippen LogP contribution in [0.4, 0.5) is 0 Å². The Morgan fingerprint density at radius 1 is 1.62 bits per heavy atom. The van der Waals surface area contributed by atoms with Gasteiger partial charge in [-0.1, -0.05) is 0 Å². The Labute approximate surface area is 101 Å². The second-order valence-corrected chi connectivity index (χ2v) is 4.60. The van der Waals surface area contributed by atoms with Crippen molar-refractivity contribution >= 4 is 17.3 Å². The van der Waals surface area contributed by atoms with Gasteiger partial charge in [0, 0.05) is 30.9 Å². The highest BCUT2D eigenvalue weighted by molar-refractivity contribution is 7.80. The van der Waals surface area contributed by atoms with Gasteiger partial charge in [-0.15, -0.1) is 0 Å². The molecule has 0 aliphatic heterocycles. The number of thiocarbonyl (C=S) groups is 1. The van der Waals surface area contributed by atoms with E-state index in [1.165, 1.54) is 18.4 Å². The van der Waals surface area contributed by atoms with Gasteiger partial charge in [-0.2, -0.15) is 5.10 Å². The molecule has 2 rings (SSSR count). The number of nitrogens with one attached hydrogen (secondary N) is 2. The van der Waals surface area contributed by atoms with Crippen LogP contribution in [0.2, 0.25) is 0 Å². The van der Waals surface area contributed by atoms with E-state index in [4.69, 9.17) is 12.2 Å². The number of hydrogen-bond donors (Lipinski definition) is 2. The van der Waals surface area contributed by atoms with E-state index in [-0.39, 0.29) is 0 Å². The van der Waals surface area contributed by atoms with Gasteiger partial charge >= 0.3 is 0 Å². The van der Waals surface area contributed by atoms with E-state index in [1.807, 2.05) is 11.6 Å². The average Bonchev–Trinajstić information content (AvgIpc) is 2.98. The summed E-state index contributed by atoms with van der Waals surface area (Å²) >= 11 is 5.20. The van der Waals surface area contributed by atoms with Crippen LogP contribution in [-0.2, 0) is 13.1 Å². The van der Waals surface area contributed by atoms with Gasteiger partial charge in [0.15, 0.2) is 5.11 Å². The van der Waals surface area contributed by atoms with Crippen LogP contribution in [0.15, 0.2) is 6.20 Å². The van der Waals surface area contributed by atoms with Gasteiger partial charge in [-0.05, 0) is 38.9 Å². The largest absolute Gasteiger partial charge is 0.360 e. The fraction of sp³-hybridized carbons (Fsp3) is 0.636. The maximum Gasteiger partial charge on any atom is 0.166 e. The monoisotopic (exact) mass is 238 g/mol. The molecule has 4 nitrogen and oxygen atoms in total. The maximum atomic E-state index is 5.20. The molecule has 0 atom stereocenters. The lowest BCUT2D eigenvalue weighted by molar-refractivity contribution is 0.653. The Bertz CT molecular complexity index is 381. The van der Waals surface area contributed by atoms with Crippen LogP contribution < -0.4 is 10.6 Å². The number of nitrogens with zero attached hydrogens (tertiary/aromatic N) is 2. The quantitative estimate of drug-likeness (QED) is 0.777. The fourth-order valence-corrected chi connectivity index (χ4v) is 1.77. The second kappa shape index (κ2) is 4.82. The Morgan fingerprint density at radius 3 is 2.94 bits per heavy atom. The summed E-state index contributed by atoms with van der Waals surface area (Å²) < 4.78 is 1.95. The molecule has 1 saturated carbocycles. The van der Waals surface area contributed by atoms with Crippen molar-refractivity contribution in [2.75, 3.05) is 0 Å². The number of aryl methyl sites for hydroxylation is 2. The van der Waals surface area contributed by atoms with Gasteiger partial charge in [-0.25, -0.2) is 0 Å². The standard InChI is InChI=1S/C11H18N4S/c1-3-15-7-9(8(2)14-15)6-12-11(16)13-10-4-5-10/h7,10H,3-6H2,1-2H3,(H2,12,13,16). The zero-order chi connectivity index (χ0) is 11.5. The van der Waals surface area contributed by atoms with Gasteiger partial charge < -0.3 is 10.6 Å². The molecule has 1 aromatic heterocycles. The summed E-state index contributed by atoms with van der Waals surface area (Å²) in [5.74, 6) is 0. The van der Waals surface area contributed by atoms with Crippen LogP contribution in [0.3, 0.4) is 0 Å². The van der Waals surface area contributed by atoms with Crippen molar-refractivity contribution in [3.63, 3.8) is 0 Å². The molecule has 2 N–H and O–H groups in total. The maximum absolute atomic E-state index is 5.20. The lowest BCUT2D eigenvalue weighted by Crippen LogP contribution is -2.36. The summed E-state index contributed by atoms with van der Waals surface area (Å²) in [7, 11) is 0. The molecule has 1 fully saturated rings. The van der Waals surface area contributed by atoms with Crippen molar-refractivity contribution < 1.29 is 0 Å². The molecule has 0 bridgehead atoms. The van der Waals surface area contributed by atoms with Gasteiger partial charge in [0.1, 0.15) is 0 Å². The van der Waals surface area contributed by atoms with Crippen molar-refractivity contribution in [1.82, 2.24) is 20.4 Å². The smallest absolute Gasteiger partial charge is 0.166 e. The molecule has 0 unspecified atom stereocenters. The number of hydrogen-bond acceptors (Lipinski definition) is 2. The van der Waals surface area contributed by atoms with E-state index in [0.29, 0.717) is 6.04 Å². The summed E-state index contributed by atoms with van der Waals surface area (Å²) in [6.07, 6.45) is 4.56. The van der Waals surface area contributed by atoms with Gasteiger partial charge in [0.05, 0.1) is 5.69 Å². The Morgan fingerprint density at radius 2 is 2.38 bits per heavy atom. The van der Waals surface area contributed by atoms with Crippen LogP contribution in [0.1, 0.15) is 31.0 Å². The van der Waals surface area contributed by atoms with Gasteiger partial charge in [-0.3, -0.25) is 4.68 Å². The minimum Gasteiger partial charge on any atom is -0.360 e. The van der Waals surface area contributed by atoms with E-state index >= 15 is 0 Å². The lowest BCUT2D eigenvalue weighted by Gasteiger charge is -2.08. The molecule has 1 aromatic rings. The number of rotatable bonds is 4. The highest BCUT2D eigenvalue weighted by Crippen LogP contribution is 2.18. The van der Waals surface area contributed by atoms with E-state index in [2.05, 4.69) is 28.9 Å². The van der Waals surface area contributed by atoms with Crippen LogP contribution in [0.25, 0.3) is 0 Å². The molecule has 0 radical (unpaired) electrons. The molecular weight excluding hydrogens is 220 g/mol. The minimum atomic E-state index is 0.611. The molecule has 1 aliphatic rings. The van der Waals surface area contributed by atoms with Crippen LogP contribution >= 0.6 is 12.2 Å². The lowest BCUT2D eigenvalue weighted by atomic mass is 10.3. The molecule has 1 aliphatic carbocycles. The SMILES string of the molecule is CCn1cc(CNC(=S)NC2CC2)c(C)n1. The summed E-state index contributed by atoms with van der Waals surface area (Å²) in [4.78, 5) is 0. The summed E-state index contributed by atoms with van der Waals surface area (Å²) in [6.45, 7) is 5.78. The van der Waals surface area contributed by atoms with Gasteiger partial charge in [0.2, 0.25) is 0 Å². The Balaban J connectivity index is 1.83. The Hall–Kier alpha value is -1.10. The van der Waals surface area contributed by atoms with Crippen molar-refractivity contribution in [1.29, 1.82) is 0 Å². The van der Waals surface area contributed by atoms with Crippen molar-refractivity contribution in [3.8, 4) is 0 Å². The molecule has 5 heteroatoms. The second-order valence-electron chi connectivity index (χ2n) is 4.20. The number of aromatic nitrogens is 2. The highest BCUT2D eigenvalue weighted by Gasteiger charge is 2.21. The van der Waals surface area contributed by atoms with Gasteiger partial charge in [0.25, 0.3) is 0 Å². The topological polar surface area (TPSA) is 41.9 Å². The summed E-state index contributed by atoms with van der Waals surface area (Å²) in [5.41, 5.74) is 2.28.